The summed E-state index contributed by atoms with van der Waals surface area (Å²) < 4.78 is 84.7. The Morgan fingerprint density at radius 1 is 1.26 bits per heavy atom. The lowest BCUT2D eigenvalue weighted by Gasteiger charge is -2.11. The molecule has 0 aromatic heterocycles. The summed E-state index contributed by atoms with van der Waals surface area (Å²) in [6.07, 6.45) is 2.91. The molecule has 0 aromatic rings. The van der Waals surface area contributed by atoms with Crippen LogP contribution in [0.2, 0.25) is 0 Å². The van der Waals surface area contributed by atoms with Crippen molar-refractivity contribution in [2.24, 2.45) is 4.99 Å². The van der Waals surface area contributed by atoms with Crippen LogP contribution in [0.5, 0.6) is 0 Å². The van der Waals surface area contributed by atoms with Crippen molar-refractivity contribution >= 4 is 60.2 Å². The zero-order valence-electron chi connectivity index (χ0n) is 10.8. The first-order chi connectivity index (χ1) is 9.97. The second-order valence-corrected chi connectivity index (χ2v) is 9.08. The average molecular weight is 444 g/mol. The Morgan fingerprint density at radius 2 is 1.70 bits per heavy atom. The van der Waals surface area contributed by atoms with E-state index < -0.39 is 36.1 Å². The Morgan fingerprint density at radius 3 is 1.96 bits per heavy atom. The van der Waals surface area contributed by atoms with Gasteiger partial charge in [-0.05, 0) is 0 Å². The fourth-order valence-corrected chi connectivity index (χ4v) is 2.31. The van der Waals surface area contributed by atoms with E-state index in [-0.39, 0.29) is 5.17 Å². The standard InChI is InChI=1S/C6H7Cl3N2O3S.CHF3O3S/c1-11-3-2-10-5(11)15(12,13)14-4-6(7,8)9;2-1(3,4)8(5,6)7/h2-3H,4H2,1H3;(H,5,6,7). The van der Waals surface area contributed by atoms with Crippen molar-refractivity contribution in [2.75, 3.05) is 13.7 Å². The zero-order valence-corrected chi connectivity index (χ0v) is 14.7. The van der Waals surface area contributed by atoms with E-state index in [0.717, 1.165) is 0 Å². The van der Waals surface area contributed by atoms with Gasteiger partial charge in [-0.25, -0.2) is 13.3 Å². The second kappa shape index (κ2) is 7.82. The van der Waals surface area contributed by atoms with E-state index in [9.17, 15) is 21.6 Å². The van der Waals surface area contributed by atoms with E-state index in [1.165, 1.54) is 6.20 Å². The number of halogens is 6. The fourth-order valence-electron chi connectivity index (χ4n) is 0.852. The van der Waals surface area contributed by atoms with Gasteiger partial charge in [-0.15, -0.1) is 0 Å². The third kappa shape index (κ3) is 8.49. The maximum Gasteiger partial charge on any atom is 0.485 e. The van der Waals surface area contributed by atoms with Gasteiger partial charge >= 0.3 is 20.8 Å². The molecule has 8 nitrogen and oxygen atoms in total. The fraction of sp³-hybridized carbons (Fsp3) is 0.571. The van der Waals surface area contributed by atoms with Crippen LogP contribution in [0.3, 0.4) is 0 Å². The van der Waals surface area contributed by atoms with Crippen LogP contribution in [-0.2, 0) is 24.4 Å². The first-order valence-corrected chi connectivity index (χ1v) is 8.99. The molecule has 1 rings (SSSR count). The van der Waals surface area contributed by atoms with E-state index in [1.54, 1.807) is 13.2 Å². The number of nitrogens with one attached hydrogen (secondary N) is 1. The molecule has 0 saturated heterocycles. The predicted octanol–water partition coefficient (Wildman–Crippen LogP) is 0.110. The molecule has 0 spiro atoms. The van der Waals surface area contributed by atoms with Crippen LogP contribution in [0, 0.1) is 0 Å². The summed E-state index contributed by atoms with van der Waals surface area (Å²) in [5.41, 5.74) is -5.65. The van der Waals surface area contributed by atoms with Gasteiger partial charge in [0.25, 0.3) is 0 Å². The van der Waals surface area contributed by atoms with E-state index in [4.69, 9.17) is 47.8 Å². The number of rotatable bonds is 2. The Kier molecular flexibility index (Phi) is 7.77. The van der Waals surface area contributed by atoms with Gasteiger partial charge in [-0.2, -0.15) is 26.6 Å². The molecule has 0 radical (unpaired) electrons. The topological polar surface area (TPSA) is 117 Å². The lowest BCUT2D eigenvalue weighted by Crippen LogP contribution is -3.07. The smallest absolute Gasteiger partial charge is 0.485 e. The Hall–Kier alpha value is -0.150. The highest BCUT2D eigenvalue weighted by Crippen LogP contribution is 2.26. The SMILES string of the molecule is C[NH+]1C=CN=C1S(=O)(=O)OCC(Cl)(Cl)Cl.O=S(=O)([O-])C(F)(F)F. The summed E-state index contributed by atoms with van der Waals surface area (Å²) in [5, 5.41) is -0.156. The molecule has 1 atom stereocenters. The van der Waals surface area contributed by atoms with Gasteiger partial charge in [0.15, 0.2) is 10.1 Å². The van der Waals surface area contributed by atoms with Crippen molar-refractivity contribution in [1.29, 1.82) is 0 Å². The molecule has 1 heterocycles. The van der Waals surface area contributed by atoms with Crippen LogP contribution >= 0.6 is 34.8 Å². The molecule has 0 fully saturated rings. The van der Waals surface area contributed by atoms with E-state index in [2.05, 4.69) is 9.18 Å². The van der Waals surface area contributed by atoms with Gasteiger partial charge in [0.05, 0.1) is 13.2 Å². The van der Waals surface area contributed by atoms with Crippen LogP contribution in [0.25, 0.3) is 0 Å². The van der Waals surface area contributed by atoms with Gasteiger partial charge < -0.3 is 4.55 Å². The van der Waals surface area contributed by atoms with E-state index in [0.29, 0.717) is 4.90 Å². The molecule has 16 heteroatoms. The van der Waals surface area contributed by atoms with Gasteiger partial charge in [-0.1, -0.05) is 34.8 Å². The van der Waals surface area contributed by atoms with Gasteiger partial charge in [0.2, 0.25) is 3.79 Å². The minimum atomic E-state index is -6.09. The lowest BCUT2D eigenvalue weighted by molar-refractivity contribution is -0.714. The highest BCUT2D eigenvalue weighted by molar-refractivity contribution is 8.01. The molecule has 0 aliphatic carbocycles. The molecule has 0 bridgehead atoms. The summed E-state index contributed by atoms with van der Waals surface area (Å²) in [6.45, 7) is -0.549. The monoisotopic (exact) mass is 442 g/mol. The average Bonchev–Trinajstić information content (AvgIpc) is 2.71. The van der Waals surface area contributed by atoms with Gasteiger partial charge in [0.1, 0.15) is 12.8 Å². The zero-order chi connectivity index (χ0) is 18.7. The third-order valence-electron chi connectivity index (χ3n) is 1.75. The summed E-state index contributed by atoms with van der Waals surface area (Å²) in [4.78, 5) is 4.13. The number of nitrogens with zero attached hydrogens (tertiary/aromatic N) is 1. The summed E-state index contributed by atoms with van der Waals surface area (Å²) in [7, 11) is -8.44. The van der Waals surface area contributed by atoms with Crippen molar-refractivity contribution in [2.45, 2.75) is 9.30 Å². The summed E-state index contributed by atoms with van der Waals surface area (Å²) >= 11 is 16.1. The van der Waals surface area contributed by atoms with Crippen LogP contribution in [-0.4, -0.2) is 49.5 Å². The number of hydrogen-bond donors (Lipinski definition) is 1. The molecule has 0 amide bonds. The summed E-state index contributed by atoms with van der Waals surface area (Å²) in [6, 6.07) is 0. The van der Waals surface area contributed by atoms with Crippen molar-refractivity contribution in [3.63, 3.8) is 0 Å². The second-order valence-electron chi connectivity index (χ2n) is 3.66. The van der Waals surface area contributed by atoms with E-state index in [1.807, 2.05) is 0 Å². The molecule has 1 aliphatic heterocycles. The number of aliphatic imine (C=N–C) groups is 1. The van der Waals surface area contributed by atoms with Crippen LogP contribution in [0.4, 0.5) is 13.2 Å². The van der Waals surface area contributed by atoms with Gasteiger partial charge in [-0.3, -0.25) is 4.18 Å². The molecule has 1 aliphatic rings. The predicted molar refractivity (Wildman–Crippen MR) is 74.4 cm³/mol. The van der Waals surface area contributed by atoms with Crippen molar-refractivity contribution < 1.29 is 43.6 Å². The third-order valence-corrected chi connectivity index (χ3v) is 3.98. The molecule has 0 saturated carbocycles. The van der Waals surface area contributed by atoms with Crippen LogP contribution in [0.15, 0.2) is 17.4 Å². The van der Waals surface area contributed by atoms with Gasteiger partial charge in [0, 0.05) is 0 Å². The van der Waals surface area contributed by atoms with Crippen LogP contribution in [0.1, 0.15) is 0 Å². The van der Waals surface area contributed by atoms with Crippen molar-refractivity contribution in [3.05, 3.63) is 12.4 Å². The normalized spacial score (nSPS) is 19.1. The maximum absolute atomic E-state index is 11.5. The molecule has 136 valence electrons. The Balaban J connectivity index is 0.000000515. The highest BCUT2D eigenvalue weighted by atomic mass is 35.6. The highest BCUT2D eigenvalue weighted by Gasteiger charge is 2.37. The minimum absolute atomic E-state index is 0.156. The van der Waals surface area contributed by atoms with Crippen molar-refractivity contribution in [1.82, 2.24) is 0 Å². The molecular formula is C7H8Cl3F3N2O6S2. The first kappa shape index (κ1) is 22.9. The molecular weight excluding hydrogens is 436 g/mol. The van der Waals surface area contributed by atoms with Crippen molar-refractivity contribution in [3.8, 4) is 0 Å². The first-order valence-electron chi connectivity index (χ1n) is 5.04. The Labute approximate surface area is 144 Å². The van der Waals surface area contributed by atoms with E-state index >= 15 is 0 Å². The molecule has 23 heavy (non-hydrogen) atoms. The van der Waals surface area contributed by atoms with Crippen LogP contribution < -0.4 is 4.90 Å². The Bertz CT molecular complexity index is 683. The number of alkyl halides is 6. The molecule has 1 unspecified atom stereocenters. The minimum Gasteiger partial charge on any atom is -0.741 e. The molecule has 1 N–H and O–H groups in total. The largest absolute Gasteiger partial charge is 0.741 e. The lowest BCUT2D eigenvalue weighted by atomic mass is 10.8. The molecule has 0 aromatic carbocycles. The quantitative estimate of drug-likeness (QED) is 0.280. The maximum atomic E-state index is 11.5. The summed E-state index contributed by atoms with van der Waals surface area (Å²) in [5.74, 6) is 0. The number of quaternary nitrogens is 1. The number of hydrogen-bond acceptors (Lipinski definition) is 7. The number of amidine groups is 1.